The van der Waals surface area contributed by atoms with Gasteiger partial charge in [0.05, 0.1) is 12.5 Å². The highest BCUT2D eigenvalue weighted by molar-refractivity contribution is 5.79. The maximum atomic E-state index is 12.4. The Labute approximate surface area is 142 Å². The van der Waals surface area contributed by atoms with Crippen molar-refractivity contribution >= 4 is 5.91 Å². The summed E-state index contributed by atoms with van der Waals surface area (Å²) in [5, 5.41) is 7.33. The highest BCUT2D eigenvalue weighted by atomic mass is 16.1. The zero-order valence-electron chi connectivity index (χ0n) is 14.4. The second-order valence-electron chi connectivity index (χ2n) is 6.64. The van der Waals surface area contributed by atoms with Gasteiger partial charge in [-0.1, -0.05) is 30.3 Å². The second-order valence-corrected chi connectivity index (χ2v) is 6.64. The van der Waals surface area contributed by atoms with E-state index in [0.717, 1.165) is 37.4 Å². The zero-order valence-corrected chi connectivity index (χ0v) is 14.4. The van der Waals surface area contributed by atoms with Crippen LogP contribution in [0, 0.1) is 5.92 Å². The molecule has 1 aliphatic heterocycles. The third kappa shape index (κ3) is 4.00. The summed E-state index contributed by atoms with van der Waals surface area (Å²) in [4.78, 5) is 19.0. The van der Waals surface area contributed by atoms with Crippen LogP contribution in [0.25, 0.3) is 0 Å². The van der Waals surface area contributed by atoms with Crippen molar-refractivity contribution in [2.45, 2.75) is 39.4 Å². The molecular formula is C18H25N5O. The first-order valence-electron chi connectivity index (χ1n) is 8.56. The van der Waals surface area contributed by atoms with Crippen molar-refractivity contribution in [2.75, 3.05) is 13.1 Å². The summed E-state index contributed by atoms with van der Waals surface area (Å²) in [5.74, 6) is 1.17. The minimum atomic E-state index is 0.0594. The first kappa shape index (κ1) is 16.6. The molecule has 0 radical (unpaired) electrons. The molecule has 1 fully saturated rings. The molecule has 24 heavy (non-hydrogen) atoms. The molecule has 1 unspecified atom stereocenters. The van der Waals surface area contributed by atoms with Crippen molar-refractivity contribution in [3.8, 4) is 0 Å². The van der Waals surface area contributed by atoms with Gasteiger partial charge >= 0.3 is 0 Å². The van der Waals surface area contributed by atoms with Gasteiger partial charge in [0.15, 0.2) is 0 Å². The normalized spacial score (nSPS) is 18.2. The van der Waals surface area contributed by atoms with Gasteiger partial charge in [-0.25, -0.2) is 9.67 Å². The van der Waals surface area contributed by atoms with E-state index in [1.807, 2.05) is 35.0 Å². The minimum absolute atomic E-state index is 0.0594. The van der Waals surface area contributed by atoms with Gasteiger partial charge in [0, 0.05) is 19.1 Å². The summed E-state index contributed by atoms with van der Waals surface area (Å²) in [6.07, 6.45) is 2.51. The summed E-state index contributed by atoms with van der Waals surface area (Å²) in [5.41, 5.74) is 1.13. The molecule has 1 aromatic carbocycles. The van der Waals surface area contributed by atoms with Gasteiger partial charge < -0.3 is 5.32 Å². The van der Waals surface area contributed by atoms with Gasteiger partial charge in [0.25, 0.3) is 0 Å². The van der Waals surface area contributed by atoms with Crippen LogP contribution in [0.2, 0.25) is 0 Å². The Hall–Kier alpha value is -2.21. The second kappa shape index (κ2) is 7.57. The molecule has 1 N–H and O–H groups in total. The number of nitrogens with one attached hydrogen (secondary N) is 1. The number of hydrogen-bond donors (Lipinski definition) is 1. The highest BCUT2D eigenvalue weighted by Gasteiger charge is 2.29. The van der Waals surface area contributed by atoms with E-state index in [2.05, 4.69) is 34.1 Å². The first-order valence-corrected chi connectivity index (χ1v) is 8.56. The number of amides is 1. The van der Waals surface area contributed by atoms with Crippen molar-refractivity contribution < 1.29 is 4.79 Å². The number of carbonyl (C=O) groups excluding carboxylic acids is 1. The minimum Gasteiger partial charge on any atom is -0.352 e. The monoisotopic (exact) mass is 327 g/mol. The number of rotatable bonds is 6. The van der Waals surface area contributed by atoms with Crippen LogP contribution < -0.4 is 5.32 Å². The molecule has 0 spiro atoms. The molecule has 1 aliphatic rings. The molecule has 1 atom stereocenters. The number of carbonyl (C=O) groups is 1. The molecule has 6 nitrogen and oxygen atoms in total. The lowest BCUT2D eigenvalue weighted by molar-refractivity contribution is -0.124. The van der Waals surface area contributed by atoms with Crippen LogP contribution in [0.1, 0.15) is 37.7 Å². The molecule has 3 rings (SSSR count). The van der Waals surface area contributed by atoms with Crippen molar-refractivity contribution in [1.29, 1.82) is 0 Å². The lowest BCUT2D eigenvalue weighted by Crippen LogP contribution is -2.32. The number of aromatic nitrogens is 3. The van der Waals surface area contributed by atoms with Gasteiger partial charge in [-0.2, -0.15) is 5.10 Å². The smallest absolute Gasteiger partial charge is 0.224 e. The maximum absolute atomic E-state index is 12.4. The molecule has 1 amide bonds. The molecule has 0 aliphatic carbocycles. The van der Waals surface area contributed by atoms with Crippen LogP contribution in [-0.2, 0) is 17.9 Å². The summed E-state index contributed by atoms with van der Waals surface area (Å²) >= 11 is 0. The average molecular weight is 327 g/mol. The lowest BCUT2D eigenvalue weighted by Gasteiger charge is -2.17. The molecule has 6 heteroatoms. The van der Waals surface area contributed by atoms with E-state index in [1.54, 1.807) is 6.33 Å². The van der Waals surface area contributed by atoms with E-state index >= 15 is 0 Å². The predicted octanol–water partition coefficient (Wildman–Crippen LogP) is 2.00. The topological polar surface area (TPSA) is 63.1 Å². The van der Waals surface area contributed by atoms with Gasteiger partial charge in [0.1, 0.15) is 12.2 Å². The Balaban J connectivity index is 1.49. The van der Waals surface area contributed by atoms with Crippen molar-refractivity contribution in [1.82, 2.24) is 25.0 Å². The summed E-state index contributed by atoms with van der Waals surface area (Å²) in [6, 6.07) is 10.3. The fraction of sp³-hybridized carbons (Fsp3) is 0.500. The van der Waals surface area contributed by atoms with E-state index in [9.17, 15) is 4.79 Å². The predicted molar refractivity (Wildman–Crippen MR) is 92.1 cm³/mol. The zero-order chi connectivity index (χ0) is 16.9. The van der Waals surface area contributed by atoms with Crippen LogP contribution in [0.4, 0.5) is 0 Å². The lowest BCUT2D eigenvalue weighted by atomic mass is 10.1. The Morgan fingerprint density at radius 2 is 2.12 bits per heavy atom. The standard InChI is InChI=1S/C18H25N5O/c1-14(2)23-17(20-13-21-23)12-22-9-8-16(11-22)18(24)19-10-15-6-4-3-5-7-15/h3-7,13-14,16H,8-12H2,1-2H3,(H,19,24). The molecule has 0 bridgehead atoms. The molecule has 1 aromatic heterocycles. The number of benzene rings is 1. The molecule has 1 saturated heterocycles. The van der Waals surface area contributed by atoms with E-state index < -0.39 is 0 Å². The summed E-state index contributed by atoms with van der Waals surface area (Å²) in [7, 11) is 0. The van der Waals surface area contributed by atoms with Gasteiger partial charge in [-0.05, 0) is 32.4 Å². The number of nitrogens with zero attached hydrogens (tertiary/aromatic N) is 4. The molecule has 2 aromatic rings. The van der Waals surface area contributed by atoms with Crippen LogP contribution in [0.15, 0.2) is 36.7 Å². The quantitative estimate of drug-likeness (QED) is 0.881. The van der Waals surface area contributed by atoms with Gasteiger partial charge in [0.2, 0.25) is 5.91 Å². The van der Waals surface area contributed by atoms with E-state index in [4.69, 9.17) is 0 Å². The average Bonchev–Trinajstić information content (AvgIpc) is 3.23. The van der Waals surface area contributed by atoms with Gasteiger partial charge in [-0.3, -0.25) is 9.69 Å². The Morgan fingerprint density at radius 3 is 2.88 bits per heavy atom. The summed E-state index contributed by atoms with van der Waals surface area (Å²) < 4.78 is 1.95. The van der Waals surface area contributed by atoms with E-state index in [1.165, 1.54) is 0 Å². The Kier molecular flexibility index (Phi) is 5.25. The molecule has 2 heterocycles. The Morgan fingerprint density at radius 1 is 1.33 bits per heavy atom. The van der Waals surface area contributed by atoms with Crippen molar-refractivity contribution in [3.63, 3.8) is 0 Å². The largest absolute Gasteiger partial charge is 0.352 e. The van der Waals surface area contributed by atoms with E-state index in [0.29, 0.717) is 12.6 Å². The van der Waals surface area contributed by atoms with Crippen LogP contribution >= 0.6 is 0 Å². The SMILES string of the molecule is CC(C)n1ncnc1CN1CCC(C(=O)NCc2ccccc2)C1. The molecular weight excluding hydrogens is 302 g/mol. The number of hydrogen-bond acceptors (Lipinski definition) is 4. The summed E-state index contributed by atoms with van der Waals surface area (Å²) in [6.45, 7) is 7.25. The first-order chi connectivity index (χ1) is 11.6. The van der Waals surface area contributed by atoms with Crippen molar-refractivity contribution in [3.05, 3.63) is 48.0 Å². The molecule has 0 saturated carbocycles. The fourth-order valence-electron chi connectivity index (χ4n) is 3.14. The van der Waals surface area contributed by atoms with Crippen LogP contribution in [-0.4, -0.2) is 38.7 Å². The third-order valence-corrected chi connectivity index (χ3v) is 4.45. The van der Waals surface area contributed by atoms with Crippen LogP contribution in [0.3, 0.4) is 0 Å². The third-order valence-electron chi connectivity index (χ3n) is 4.45. The fourth-order valence-corrected chi connectivity index (χ4v) is 3.14. The van der Waals surface area contributed by atoms with E-state index in [-0.39, 0.29) is 11.8 Å². The maximum Gasteiger partial charge on any atom is 0.224 e. The van der Waals surface area contributed by atoms with Crippen molar-refractivity contribution in [2.24, 2.45) is 5.92 Å². The number of likely N-dealkylation sites (tertiary alicyclic amines) is 1. The molecule has 128 valence electrons. The van der Waals surface area contributed by atoms with Gasteiger partial charge in [-0.15, -0.1) is 0 Å². The Bertz CT molecular complexity index is 667. The highest BCUT2D eigenvalue weighted by Crippen LogP contribution is 2.19. The van der Waals surface area contributed by atoms with Crippen LogP contribution in [0.5, 0.6) is 0 Å².